The minimum Gasteiger partial charge on any atom is -0.343 e. The molecule has 0 atom stereocenters. The molecule has 0 spiro atoms. The van der Waals surface area contributed by atoms with Crippen molar-refractivity contribution in [1.29, 1.82) is 0 Å². The molecule has 1 aromatic heterocycles. The molecule has 0 saturated carbocycles. The Kier molecular flexibility index (Phi) is 3.63. The van der Waals surface area contributed by atoms with Crippen molar-refractivity contribution in [3.63, 3.8) is 0 Å². The van der Waals surface area contributed by atoms with E-state index in [1.165, 1.54) is 22.0 Å². The van der Waals surface area contributed by atoms with Crippen molar-refractivity contribution < 1.29 is 0 Å². The van der Waals surface area contributed by atoms with E-state index < -0.39 is 0 Å². The van der Waals surface area contributed by atoms with E-state index in [2.05, 4.69) is 89.0 Å². The van der Waals surface area contributed by atoms with Gasteiger partial charge in [0.25, 0.3) is 0 Å². The Labute approximate surface area is 172 Å². The van der Waals surface area contributed by atoms with Crippen LogP contribution in [0, 0.1) is 10.8 Å². The minimum absolute atomic E-state index is 0.199. The monoisotopic (exact) mass is 386 g/mol. The lowest BCUT2D eigenvalue weighted by molar-refractivity contribution is -0.205. The molecule has 4 aliphatic rings. The van der Waals surface area contributed by atoms with Crippen LogP contribution < -0.4 is 5.73 Å². The topological polar surface area (TPSA) is 37.4 Å². The van der Waals surface area contributed by atoms with Crippen molar-refractivity contribution in [2.75, 3.05) is 26.2 Å². The molecule has 4 saturated heterocycles. The highest BCUT2D eigenvalue weighted by atomic mass is 15.4. The average Bonchev–Trinajstić information content (AvgIpc) is 3.04. The second-order valence-corrected chi connectivity index (χ2v) is 10.2. The average molecular weight is 387 g/mol. The van der Waals surface area contributed by atoms with Crippen molar-refractivity contribution in [3.05, 3.63) is 71.9 Å². The second kappa shape index (κ2) is 5.94. The fourth-order valence-corrected chi connectivity index (χ4v) is 6.66. The lowest BCUT2D eigenvalue weighted by atomic mass is 9.59. The van der Waals surface area contributed by atoms with Crippen molar-refractivity contribution in [3.8, 4) is 0 Å². The molecule has 4 bridgehead atoms. The molecule has 29 heavy (non-hydrogen) atoms. The number of aromatic nitrogens is 1. The highest BCUT2D eigenvalue weighted by molar-refractivity contribution is 5.84. The molecule has 4 nitrogen and oxygen atoms in total. The van der Waals surface area contributed by atoms with E-state index in [-0.39, 0.29) is 10.8 Å². The molecule has 3 aromatic rings. The Morgan fingerprint density at radius 2 is 1.45 bits per heavy atom. The molecule has 2 N–H and O–H groups in total. The van der Waals surface area contributed by atoms with Gasteiger partial charge in [0.15, 0.2) is 0 Å². The summed E-state index contributed by atoms with van der Waals surface area (Å²) in [7, 11) is 0. The van der Waals surface area contributed by atoms with Gasteiger partial charge in [-0.1, -0.05) is 62.4 Å². The summed E-state index contributed by atoms with van der Waals surface area (Å²) in [5.41, 5.74) is 11.3. The molecule has 4 fully saturated rings. The number of hydrogen-bond acceptors (Lipinski definition) is 3. The van der Waals surface area contributed by atoms with Crippen molar-refractivity contribution >= 4 is 10.9 Å². The number of nitrogens with zero attached hydrogens (tertiary/aromatic N) is 3. The molecular weight excluding hydrogens is 356 g/mol. The van der Waals surface area contributed by atoms with Crippen molar-refractivity contribution in [2.24, 2.45) is 16.6 Å². The van der Waals surface area contributed by atoms with Gasteiger partial charge in [-0.25, -0.2) is 0 Å². The van der Waals surface area contributed by atoms with Gasteiger partial charge in [0.2, 0.25) is 0 Å². The van der Waals surface area contributed by atoms with Crippen LogP contribution in [-0.4, -0.2) is 46.6 Å². The van der Waals surface area contributed by atoms with Crippen molar-refractivity contribution in [2.45, 2.75) is 32.6 Å². The predicted molar refractivity (Wildman–Crippen MR) is 118 cm³/mol. The summed E-state index contributed by atoms with van der Waals surface area (Å²) in [4.78, 5) is 5.40. The third-order valence-corrected chi connectivity index (χ3v) is 7.74. The number of para-hydroxylation sites is 1. The van der Waals surface area contributed by atoms with Crippen LogP contribution in [0.3, 0.4) is 0 Å². The molecule has 5 heterocycles. The third kappa shape index (κ3) is 2.49. The number of hydrogen-bond donors (Lipinski definition) is 1. The van der Waals surface area contributed by atoms with E-state index in [4.69, 9.17) is 5.73 Å². The van der Waals surface area contributed by atoms with Gasteiger partial charge in [0.05, 0.1) is 6.17 Å². The van der Waals surface area contributed by atoms with Gasteiger partial charge >= 0.3 is 0 Å². The molecule has 0 radical (unpaired) electrons. The zero-order valence-corrected chi connectivity index (χ0v) is 17.4. The fraction of sp³-hybridized carbons (Fsp3) is 0.440. The fourth-order valence-electron chi connectivity index (χ4n) is 6.66. The Morgan fingerprint density at radius 1 is 0.862 bits per heavy atom. The zero-order chi connectivity index (χ0) is 19.8. The Hall–Kier alpha value is -2.14. The standard InChI is InChI=1S/C25H30N4/c1-24-14-28-16-25(2,23(24)26)17-29(15-24)22(28)20-13-27(12-18-8-4-3-5-9-18)21-11-7-6-10-19(20)21/h3-11,13,22-23H,12,14-17,26H2,1-2H3. The van der Waals surface area contributed by atoms with Crippen molar-refractivity contribution in [1.82, 2.24) is 14.4 Å². The van der Waals surface area contributed by atoms with Crippen LogP contribution in [-0.2, 0) is 6.54 Å². The molecule has 4 aliphatic heterocycles. The first-order chi connectivity index (χ1) is 14.0. The van der Waals surface area contributed by atoms with E-state index in [0.717, 1.165) is 32.7 Å². The van der Waals surface area contributed by atoms with E-state index >= 15 is 0 Å². The first-order valence-electron chi connectivity index (χ1n) is 10.8. The highest BCUT2D eigenvalue weighted by Crippen LogP contribution is 2.54. The Morgan fingerprint density at radius 3 is 2.10 bits per heavy atom. The molecule has 150 valence electrons. The summed E-state index contributed by atoms with van der Waals surface area (Å²) in [5, 5.41) is 1.39. The SMILES string of the molecule is CC12CN3CC(C)(CN(C1)C3c1cn(Cc3ccccc3)c3ccccc13)C2N. The molecular formula is C25H30N4. The van der Waals surface area contributed by atoms with E-state index in [1.54, 1.807) is 0 Å². The quantitative estimate of drug-likeness (QED) is 0.746. The van der Waals surface area contributed by atoms with Crippen LogP contribution in [0.25, 0.3) is 10.9 Å². The van der Waals surface area contributed by atoms with Crippen LogP contribution in [0.2, 0.25) is 0 Å². The molecule has 0 aliphatic carbocycles. The van der Waals surface area contributed by atoms with Crippen LogP contribution in [0.4, 0.5) is 0 Å². The summed E-state index contributed by atoms with van der Waals surface area (Å²) >= 11 is 0. The minimum atomic E-state index is 0.199. The number of rotatable bonds is 3. The first-order valence-corrected chi connectivity index (χ1v) is 10.8. The van der Waals surface area contributed by atoms with Crippen LogP contribution in [0.15, 0.2) is 60.8 Å². The van der Waals surface area contributed by atoms with Gasteiger partial charge in [-0.2, -0.15) is 0 Å². The summed E-state index contributed by atoms with van der Waals surface area (Å²) in [5.74, 6) is 0. The Bertz CT molecular complexity index is 1030. The maximum Gasteiger partial charge on any atom is 0.0907 e. The normalized spacial score (nSPS) is 38.0. The molecule has 7 rings (SSSR count). The lowest BCUT2D eigenvalue weighted by Crippen LogP contribution is -2.78. The largest absolute Gasteiger partial charge is 0.343 e. The number of benzene rings is 2. The van der Waals surface area contributed by atoms with Crippen LogP contribution >= 0.6 is 0 Å². The van der Waals surface area contributed by atoms with Gasteiger partial charge in [-0.05, 0) is 11.6 Å². The summed E-state index contributed by atoms with van der Waals surface area (Å²) in [6.45, 7) is 10.1. The zero-order valence-electron chi connectivity index (χ0n) is 17.4. The molecule has 0 unspecified atom stereocenters. The smallest absolute Gasteiger partial charge is 0.0907 e. The molecule has 2 aromatic carbocycles. The first kappa shape index (κ1) is 17.7. The van der Waals surface area contributed by atoms with Gasteiger partial charge in [-0.3, -0.25) is 9.80 Å². The maximum absolute atomic E-state index is 6.74. The number of nitrogens with two attached hydrogens (primary N) is 1. The third-order valence-electron chi connectivity index (χ3n) is 7.74. The van der Waals surface area contributed by atoms with Crippen LogP contribution in [0.5, 0.6) is 0 Å². The maximum atomic E-state index is 6.74. The van der Waals surface area contributed by atoms with E-state index in [0.29, 0.717) is 12.2 Å². The molecule has 0 amide bonds. The molecule has 4 heteroatoms. The van der Waals surface area contributed by atoms with Gasteiger partial charge in [-0.15, -0.1) is 0 Å². The lowest BCUT2D eigenvalue weighted by Gasteiger charge is -2.68. The van der Waals surface area contributed by atoms with Gasteiger partial charge < -0.3 is 10.3 Å². The second-order valence-electron chi connectivity index (χ2n) is 10.2. The highest BCUT2D eigenvalue weighted by Gasteiger charge is 2.61. The summed E-state index contributed by atoms with van der Waals surface area (Å²) < 4.78 is 2.43. The predicted octanol–water partition coefficient (Wildman–Crippen LogP) is 3.67. The number of piperidine rings is 2. The summed E-state index contributed by atoms with van der Waals surface area (Å²) in [6, 6.07) is 20.0. The summed E-state index contributed by atoms with van der Waals surface area (Å²) in [6.07, 6.45) is 2.78. The van der Waals surface area contributed by atoms with E-state index in [9.17, 15) is 0 Å². The Balaban J connectivity index is 1.43. The van der Waals surface area contributed by atoms with E-state index in [1.807, 2.05) is 0 Å². The van der Waals surface area contributed by atoms with Gasteiger partial charge in [0.1, 0.15) is 0 Å². The van der Waals surface area contributed by atoms with Crippen LogP contribution in [0.1, 0.15) is 31.1 Å². The number of fused-ring (bicyclic) bond motifs is 1. The van der Waals surface area contributed by atoms with Gasteiger partial charge in [0, 0.05) is 72.3 Å².